The van der Waals surface area contributed by atoms with E-state index in [4.69, 9.17) is 14.6 Å². The molecule has 11 heteroatoms. The number of aryl methyl sites for hydroxylation is 1. The molecule has 33 heavy (non-hydrogen) atoms. The number of carbonyl (C=O) groups is 2. The first-order chi connectivity index (χ1) is 15.8. The fourth-order valence-corrected chi connectivity index (χ4v) is 3.92. The first-order valence-electron chi connectivity index (χ1n) is 10.7. The zero-order chi connectivity index (χ0) is 24.1. The second-order valence-electron chi connectivity index (χ2n) is 7.67. The van der Waals surface area contributed by atoms with E-state index in [2.05, 4.69) is 10.3 Å². The van der Waals surface area contributed by atoms with E-state index in [9.17, 15) is 19.5 Å². The number of hydrogen-bond acceptors (Lipinski definition) is 7. The van der Waals surface area contributed by atoms with Crippen LogP contribution in [0.4, 0.5) is 4.79 Å². The Balaban J connectivity index is 2.15. The number of nitrogens with one attached hydrogen (secondary N) is 1. The summed E-state index contributed by atoms with van der Waals surface area (Å²) in [7, 11) is 2.91. The number of benzene rings is 1. The number of nitrogens with zero attached hydrogens (tertiary/aromatic N) is 3. The molecule has 1 fully saturated rings. The number of carboxylic acid groups (broad SMARTS) is 1. The monoisotopic (exact) mass is 460 g/mol. The average Bonchev–Trinajstić information content (AvgIpc) is 3.24. The summed E-state index contributed by atoms with van der Waals surface area (Å²) in [5, 5.41) is 21.9. The molecule has 178 valence electrons. The standard InChI is InChI=1S/C22H28N4O7/c1-4-5-9-16-24-19(27)17(20(28)25-11-10-13(12-25)23-22(30)31)21(29)26(16)18-14(32-2)7-6-8-15(18)33-3/h6-8,13,23,27H,4-5,9-12H2,1-3H3,(H,30,31)/t13-/m0/s1. The van der Waals surface area contributed by atoms with E-state index in [1.54, 1.807) is 18.2 Å². The van der Waals surface area contributed by atoms with Crippen molar-refractivity contribution in [1.82, 2.24) is 19.8 Å². The van der Waals surface area contributed by atoms with Crippen molar-refractivity contribution in [1.29, 1.82) is 0 Å². The van der Waals surface area contributed by atoms with Crippen LogP contribution in [-0.2, 0) is 6.42 Å². The van der Waals surface area contributed by atoms with Crippen LogP contribution in [-0.4, -0.2) is 70.0 Å². The van der Waals surface area contributed by atoms with Crippen molar-refractivity contribution in [2.45, 2.75) is 38.6 Å². The molecule has 2 amide bonds. The van der Waals surface area contributed by atoms with E-state index in [1.165, 1.54) is 23.7 Å². The van der Waals surface area contributed by atoms with Crippen LogP contribution < -0.4 is 20.3 Å². The van der Waals surface area contributed by atoms with Crippen LogP contribution in [0.2, 0.25) is 0 Å². The van der Waals surface area contributed by atoms with Crippen molar-refractivity contribution in [3.63, 3.8) is 0 Å². The number of carbonyl (C=O) groups excluding carboxylic acids is 1. The maximum Gasteiger partial charge on any atom is 0.404 e. The smallest absolute Gasteiger partial charge is 0.404 e. The van der Waals surface area contributed by atoms with E-state index < -0.39 is 35.0 Å². The molecule has 0 unspecified atom stereocenters. The van der Waals surface area contributed by atoms with Gasteiger partial charge in [0.2, 0.25) is 5.88 Å². The first-order valence-corrected chi connectivity index (χ1v) is 10.7. The van der Waals surface area contributed by atoms with Crippen LogP contribution in [0.15, 0.2) is 23.0 Å². The van der Waals surface area contributed by atoms with Gasteiger partial charge in [-0.25, -0.2) is 4.79 Å². The minimum Gasteiger partial charge on any atom is -0.494 e. The molecule has 0 aliphatic carbocycles. The molecular weight excluding hydrogens is 432 g/mol. The molecule has 0 radical (unpaired) electrons. The lowest BCUT2D eigenvalue weighted by Gasteiger charge is -2.21. The number of ether oxygens (including phenoxy) is 2. The highest BCUT2D eigenvalue weighted by Crippen LogP contribution is 2.33. The van der Waals surface area contributed by atoms with Gasteiger partial charge in [0.25, 0.3) is 11.5 Å². The molecule has 11 nitrogen and oxygen atoms in total. The molecule has 1 aliphatic heterocycles. The van der Waals surface area contributed by atoms with E-state index in [0.29, 0.717) is 30.8 Å². The Morgan fingerprint density at radius 3 is 2.48 bits per heavy atom. The van der Waals surface area contributed by atoms with Gasteiger partial charge in [-0.2, -0.15) is 4.98 Å². The molecule has 3 rings (SSSR count). The Hall–Kier alpha value is -3.76. The van der Waals surface area contributed by atoms with Crippen LogP contribution >= 0.6 is 0 Å². The first kappa shape index (κ1) is 23.9. The fraction of sp³-hybridized carbons (Fsp3) is 0.455. The predicted octanol–water partition coefficient (Wildman–Crippen LogP) is 1.78. The highest BCUT2D eigenvalue weighted by molar-refractivity contribution is 5.96. The zero-order valence-corrected chi connectivity index (χ0v) is 18.8. The highest BCUT2D eigenvalue weighted by atomic mass is 16.5. The van der Waals surface area contributed by atoms with Gasteiger partial charge >= 0.3 is 6.09 Å². The van der Waals surface area contributed by atoms with Gasteiger partial charge in [0, 0.05) is 19.5 Å². The minimum absolute atomic E-state index is 0.0829. The van der Waals surface area contributed by atoms with Crippen molar-refractivity contribution < 1.29 is 29.3 Å². The van der Waals surface area contributed by atoms with Crippen molar-refractivity contribution in [2.75, 3.05) is 27.3 Å². The molecule has 2 aromatic rings. The lowest BCUT2D eigenvalue weighted by Crippen LogP contribution is -2.40. The van der Waals surface area contributed by atoms with Gasteiger partial charge in [-0.3, -0.25) is 14.2 Å². The fourth-order valence-electron chi connectivity index (χ4n) is 3.92. The topological polar surface area (TPSA) is 143 Å². The minimum atomic E-state index is -1.19. The number of hydrogen-bond donors (Lipinski definition) is 3. The predicted molar refractivity (Wildman–Crippen MR) is 119 cm³/mol. The molecule has 1 aromatic heterocycles. The molecule has 0 bridgehead atoms. The summed E-state index contributed by atoms with van der Waals surface area (Å²) in [5.74, 6) is -0.426. The number of aromatic hydroxyl groups is 1. The van der Waals surface area contributed by atoms with Gasteiger partial charge < -0.3 is 29.9 Å². The van der Waals surface area contributed by atoms with Gasteiger partial charge in [-0.1, -0.05) is 19.4 Å². The Bertz CT molecular complexity index is 1080. The molecule has 0 saturated carbocycles. The van der Waals surface area contributed by atoms with Crippen LogP contribution in [0, 0.1) is 0 Å². The third-order valence-electron chi connectivity index (χ3n) is 5.53. The van der Waals surface area contributed by atoms with Crippen LogP contribution in [0.1, 0.15) is 42.4 Å². The highest BCUT2D eigenvalue weighted by Gasteiger charge is 2.33. The van der Waals surface area contributed by atoms with Crippen LogP contribution in [0.25, 0.3) is 5.69 Å². The number of unbranched alkanes of at least 4 members (excludes halogenated alkanes) is 1. The lowest BCUT2D eigenvalue weighted by molar-refractivity contribution is 0.0782. The Kier molecular flexibility index (Phi) is 7.41. The summed E-state index contributed by atoms with van der Waals surface area (Å²) < 4.78 is 12.2. The summed E-state index contributed by atoms with van der Waals surface area (Å²) in [5.41, 5.74) is -0.956. The maximum atomic E-state index is 13.7. The third kappa shape index (κ3) is 4.86. The van der Waals surface area contributed by atoms with E-state index in [0.717, 1.165) is 6.42 Å². The van der Waals surface area contributed by atoms with Gasteiger partial charge in [0.15, 0.2) is 5.56 Å². The maximum absolute atomic E-state index is 13.7. The summed E-state index contributed by atoms with van der Waals surface area (Å²) in [4.78, 5) is 43.3. The number of aromatic nitrogens is 2. The molecule has 1 aromatic carbocycles. The average molecular weight is 460 g/mol. The van der Waals surface area contributed by atoms with E-state index in [1.807, 2.05) is 6.92 Å². The molecule has 1 atom stereocenters. The summed E-state index contributed by atoms with van der Waals surface area (Å²) in [6, 6.07) is 4.56. The summed E-state index contributed by atoms with van der Waals surface area (Å²) in [6.45, 7) is 2.30. The summed E-state index contributed by atoms with van der Waals surface area (Å²) >= 11 is 0. The van der Waals surface area contributed by atoms with Gasteiger partial charge in [-0.05, 0) is 25.0 Å². The van der Waals surface area contributed by atoms with Gasteiger partial charge in [-0.15, -0.1) is 0 Å². The third-order valence-corrected chi connectivity index (χ3v) is 5.53. The van der Waals surface area contributed by atoms with Crippen LogP contribution in [0.5, 0.6) is 17.4 Å². The van der Waals surface area contributed by atoms with Crippen molar-refractivity contribution in [3.05, 3.63) is 39.9 Å². The normalized spacial score (nSPS) is 15.4. The Labute approximate surface area is 190 Å². The van der Waals surface area contributed by atoms with E-state index >= 15 is 0 Å². The largest absolute Gasteiger partial charge is 0.494 e. The van der Waals surface area contributed by atoms with E-state index in [-0.39, 0.29) is 24.6 Å². The molecule has 3 N–H and O–H groups in total. The van der Waals surface area contributed by atoms with Crippen LogP contribution in [0.3, 0.4) is 0 Å². The Morgan fingerprint density at radius 1 is 1.24 bits per heavy atom. The molecule has 2 heterocycles. The Morgan fingerprint density at radius 2 is 1.91 bits per heavy atom. The van der Waals surface area contributed by atoms with Crippen molar-refractivity contribution in [3.8, 4) is 23.1 Å². The molecule has 0 spiro atoms. The zero-order valence-electron chi connectivity index (χ0n) is 18.8. The summed E-state index contributed by atoms with van der Waals surface area (Å²) in [6.07, 6.45) is 1.11. The second kappa shape index (κ2) is 10.2. The second-order valence-corrected chi connectivity index (χ2v) is 7.67. The quantitative estimate of drug-likeness (QED) is 0.541. The van der Waals surface area contributed by atoms with Gasteiger partial charge in [0.1, 0.15) is 23.0 Å². The SMILES string of the molecule is CCCCc1nc(O)c(C(=O)N2CC[C@H](NC(=O)O)C2)c(=O)n1-c1c(OC)cccc1OC. The number of para-hydroxylation sites is 1. The molecule has 1 aliphatic rings. The number of rotatable bonds is 8. The lowest BCUT2D eigenvalue weighted by atomic mass is 10.2. The number of methoxy groups -OCH3 is 2. The van der Waals surface area contributed by atoms with Crippen molar-refractivity contribution >= 4 is 12.0 Å². The van der Waals surface area contributed by atoms with Gasteiger partial charge in [0.05, 0.1) is 20.3 Å². The molecular formula is C22H28N4O7. The van der Waals surface area contributed by atoms with Crippen molar-refractivity contribution in [2.24, 2.45) is 0 Å². The molecule has 1 saturated heterocycles. The number of amides is 2. The number of likely N-dealkylation sites (tertiary alicyclic amines) is 1.